The van der Waals surface area contributed by atoms with Gasteiger partial charge < -0.3 is 20.1 Å². The van der Waals surface area contributed by atoms with Gasteiger partial charge in [-0.3, -0.25) is 4.99 Å². The third kappa shape index (κ3) is 5.23. The fourth-order valence-corrected chi connectivity index (χ4v) is 3.05. The van der Waals surface area contributed by atoms with E-state index in [1.165, 1.54) is 37.9 Å². The first-order chi connectivity index (χ1) is 11.3. The van der Waals surface area contributed by atoms with Crippen molar-refractivity contribution in [3.63, 3.8) is 0 Å². The second-order valence-electron chi connectivity index (χ2n) is 5.99. The number of nitrogens with one attached hydrogen (secondary N) is 2. The van der Waals surface area contributed by atoms with Gasteiger partial charge >= 0.3 is 0 Å². The Bertz CT molecular complexity index is 470. The maximum absolute atomic E-state index is 5.41. The second kappa shape index (κ2) is 9.55. The lowest BCUT2D eigenvalue weighted by Crippen LogP contribution is -2.42. The van der Waals surface area contributed by atoms with Crippen LogP contribution in [0.3, 0.4) is 0 Å². The molecule has 23 heavy (non-hydrogen) atoms. The Morgan fingerprint density at radius 3 is 2.61 bits per heavy atom. The van der Waals surface area contributed by atoms with Gasteiger partial charge in [0, 0.05) is 38.7 Å². The molecular weight excluding hydrogens is 290 g/mol. The van der Waals surface area contributed by atoms with Crippen LogP contribution >= 0.6 is 0 Å². The molecule has 2 rings (SSSR count). The summed E-state index contributed by atoms with van der Waals surface area (Å²) in [7, 11) is 1.81. The molecule has 1 aromatic heterocycles. The predicted molar refractivity (Wildman–Crippen MR) is 93.8 cm³/mol. The number of likely N-dealkylation sites (tertiary alicyclic amines) is 1. The van der Waals surface area contributed by atoms with Crippen LogP contribution in [0.2, 0.25) is 0 Å². The minimum atomic E-state index is 0.708. The first-order valence-electron chi connectivity index (χ1n) is 8.91. The summed E-state index contributed by atoms with van der Waals surface area (Å²) < 4.78 is 5.41. The molecule has 6 nitrogen and oxygen atoms in total. The largest absolute Gasteiger partial charge is 0.361 e. The smallest absolute Gasteiger partial charge is 0.191 e. The highest BCUT2D eigenvalue weighted by Crippen LogP contribution is 2.15. The Morgan fingerprint density at radius 1 is 1.17 bits per heavy atom. The Labute approximate surface area is 139 Å². The number of hydrogen-bond donors (Lipinski definition) is 2. The molecule has 0 unspecified atom stereocenters. The van der Waals surface area contributed by atoms with E-state index in [1.807, 2.05) is 7.05 Å². The SMILES string of the molecule is CCc1noc(CC)c1CNC(=NC)NCCN1CCCCC1. The molecule has 1 fully saturated rings. The quantitative estimate of drug-likeness (QED) is 0.593. The highest BCUT2D eigenvalue weighted by Gasteiger charge is 2.14. The molecule has 0 aliphatic carbocycles. The van der Waals surface area contributed by atoms with Gasteiger partial charge in [-0.25, -0.2) is 0 Å². The van der Waals surface area contributed by atoms with Crippen molar-refractivity contribution in [1.29, 1.82) is 0 Å². The minimum absolute atomic E-state index is 0.708. The van der Waals surface area contributed by atoms with Crippen LogP contribution in [0.25, 0.3) is 0 Å². The Morgan fingerprint density at radius 2 is 1.96 bits per heavy atom. The van der Waals surface area contributed by atoms with Crippen molar-refractivity contribution in [2.45, 2.75) is 52.5 Å². The van der Waals surface area contributed by atoms with Crippen LogP contribution in [0.1, 0.15) is 50.1 Å². The number of hydrogen-bond acceptors (Lipinski definition) is 4. The summed E-state index contributed by atoms with van der Waals surface area (Å²) in [5, 5.41) is 10.9. The first-order valence-corrected chi connectivity index (χ1v) is 8.91. The Hall–Kier alpha value is -1.56. The monoisotopic (exact) mass is 321 g/mol. The van der Waals surface area contributed by atoms with E-state index < -0.39 is 0 Å². The van der Waals surface area contributed by atoms with Gasteiger partial charge in [0.05, 0.1) is 5.69 Å². The molecule has 2 N–H and O–H groups in total. The lowest BCUT2D eigenvalue weighted by Gasteiger charge is -2.26. The van der Waals surface area contributed by atoms with Crippen LogP contribution < -0.4 is 10.6 Å². The number of guanidine groups is 1. The number of piperidine rings is 1. The van der Waals surface area contributed by atoms with E-state index in [4.69, 9.17) is 4.52 Å². The topological polar surface area (TPSA) is 65.7 Å². The van der Waals surface area contributed by atoms with Crippen molar-refractivity contribution >= 4 is 5.96 Å². The van der Waals surface area contributed by atoms with Gasteiger partial charge in [0.1, 0.15) is 5.76 Å². The summed E-state index contributed by atoms with van der Waals surface area (Å²) in [6, 6.07) is 0. The summed E-state index contributed by atoms with van der Waals surface area (Å²) in [5.74, 6) is 1.81. The molecule has 0 saturated carbocycles. The average molecular weight is 321 g/mol. The molecule has 1 aromatic rings. The predicted octanol–water partition coefficient (Wildman–Crippen LogP) is 1.95. The van der Waals surface area contributed by atoms with Crippen molar-refractivity contribution in [3.05, 3.63) is 17.0 Å². The third-order valence-corrected chi connectivity index (χ3v) is 4.43. The first kappa shape index (κ1) is 17.8. The Balaban J connectivity index is 1.77. The van der Waals surface area contributed by atoms with Gasteiger partial charge in [-0.05, 0) is 32.4 Å². The number of nitrogens with zero attached hydrogens (tertiary/aromatic N) is 3. The molecule has 1 aliphatic rings. The van der Waals surface area contributed by atoms with Gasteiger partial charge in [-0.1, -0.05) is 25.4 Å². The van der Waals surface area contributed by atoms with Crippen LogP contribution in [-0.2, 0) is 19.4 Å². The zero-order valence-electron chi connectivity index (χ0n) is 14.8. The van der Waals surface area contributed by atoms with Crippen molar-refractivity contribution in [1.82, 2.24) is 20.7 Å². The molecule has 0 aromatic carbocycles. The number of aliphatic imine (C=N–C) groups is 1. The Kier molecular flexibility index (Phi) is 7.39. The molecule has 1 aliphatic heterocycles. The molecular formula is C17H31N5O. The van der Waals surface area contributed by atoms with Crippen molar-refractivity contribution in [2.24, 2.45) is 4.99 Å². The number of rotatable bonds is 7. The van der Waals surface area contributed by atoms with Gasteiger partial charge in [0.2, 0.25) is 0 Å². The normalized spacial score (nSPS) is 16.6. The van der Waals surface area contributed by atoms with Crippen LogP contribution in [0, 0.1) is 0 Å². The maximum atomic E-state index is 5.41. The van der Waals surface area contributed by atoms with Gasteiger partial charge in [0.25, 0.3) is 0 Å². The van der Waals surface area contributed by atoms with Gasteiger partial charge in [-0.2, -0.15) is 0 Å². The van der Waals surface area contributed by atoms with Crippen LogP contribution in [0.5, 0.6) is 0 Å². The fourth-order valence-electron chi connectivity index (χ4n) is 3.05. The summed E-state index contributed by atoms with van der Waals surface area (Å²) >= 11 is 0. The van der Waals surface area contributed by atoms with Crippen LogP contribution in [0.4, 0.5) is 0 Å². The van der Waals surface area contributed by atoms with Crippen molar-refractivity contribution in [3.8, 4) is 0 Å². The third-order valence-electron chi connectivity index (χ3n) is 4.43. The molecule has 0 radical (unpaired) electrons. The van der Waals surface area contributed by atoms with Crippen LogP contribution in [0.15, 0.2) is 9.52 Å². The fraction of sp³-hybridized carbons (Fsp3) is 0.765. The molecule has 1 saturated heterocycles. The highest BCUT2D eigenvalue weighted by atomic mass is 16.5. The van der Waals surface area contributed by atoms with E-state index in [9.17, 15) is 0 Å². The van der Waals surface area contributed by atoms with Crippen molar-refractivity contribution in [2.75, 3.05) is 33.2 Å². The van der Waals surface area contributed by atoms with Crippen molar-refractivity contribution < 1.29 is 4.52 Å². The van der Waals surface area contributed by atoms with E-state index in [0.717, 1.165) is 43.3 Å². The summed E-state index contributed by atoms with van der Waals surface area (Å²) in [4.78, 5) is 6.83. The molecule has 0 amide bonds. The van der Waals surface area contributed by atoms with Crippen LogP contribution in [-0.4, -0.2) is 49.2 Å². The molecule has 6 heteroatoms. The molecule has 0 bridgehead atoms. The number of aromatic nitrogens is 1. The standard InChI is InChI=1S/C17H31N5O/c1-4-15-14(16(5-2)23-21-15)13-20-17(18-3)19-9-12-22-10-7-6-8-11-22/h4-13H2,1-3H3,(H2,18,19,20). The molecule has 0 spiro atoms. The van der Waals surface area contributed by atoms with E-state index in [1.54, 1.807) is 0 Å². The lowest BCUT2D eigenvalue weighted by molar-refractivity contribution is 0.232. The molecule has 0 atom stereocenters. The van der Waals surface area contributed by atoms with E-state index in [-0.39, 0.29) is 0 Å². The lowest BCUT2D eigenvalue weighted by atomic mass is 10.1. The summed E-state index contributed by atoms with van der Waals surface area (Å²) in [6.45, 7) is 9.36. The van der Waals surface area contributed by atoms with Gasteiger partial charge in [-0.15, -0.1) is 0 Å². The van der Waals surface area contributed by atoms with E-state index in [0.29, 0.717) is 6.54 Å². The summed E-state index contributed by atoms with van der Waals surface area (Å²) in [6.07, 6.45) is 5.80. The molecule has 2 heterocycles. The minimum Gasteiger partial charge on any atom is -0.361 e. The molecule has 130 valence electrons. The number of aryl methyl sites for hydroxylation is 2. The maximum Gasteiger partial charge on any atom is 0.191 e. The van der Waals surface area contributed by atoms with Gasteiger partial charge in [0.15, 0.2) is 5.96 Å². The summed E-state index contributed by atoms with van der Waals surface area (Å²) in [5.41, 5.74) is 2.21. The zero-order chi connectivity index (χ0) is 16.5. The zero-order valence-corrected chi connectivity index (χ0v) is 14.8. The van der Waals surface area contributed by atoms with E-state index >= 15 is 0 Å². The highest BCUT2D eigenvalue weighted by molar-refractivity contribution is 5.79. The van der Waals surface area contributed by atoms with E-state index in [2.05, 4.69) is 39.5 Å². The average Bonchev–Trinajstić information content (AvgIpc) is 3.00. The second-order valence-corrected chi connectivity index (χ2v) is 5.99.